The van der Waals surface area contributed by atoms with Gasteiger partial charge in [-0.1, -0.05) is 127 Å². The summed E-state index contributed by atoms with van der Waals surface area (Å²) in [5.41, 5.74) is 4.78. The third kappa shape index (κ3) is 4.88. The number of hydrogen-bond donors (Lipinski definition) is 0. The second-order valence-electron chi connectivity index (χ2n) is 13.3. The third-order valence-corrected chi connectivity index (χ3v) is 15.1. The summed E-state index contributed by atoms with van der Waals surface area (Å²) in [6.45, 7) is 0. The van der Waals surface area contributed by atoms with Crippen LogP contribution in [0.25, 0.3) is 38.9 Å². The minimum Gasteiger partial charge on any atom is -0.457 e. The SMILES string of the molecule is [CH2-][n+]1cccc2c3ccc4c(c3n(-c3cccc(Oc5cccc(-c6ccccn6)c5)c3)c21)Oc1ccccc1[Si]4(c1ccccc1)c1ccccc1. The second kappa shape index (κ2) is 12.4. The summed E-state index contributed by atoms with van der Waals surface area (Å²) in [4.78, 5) is 4.53. The Kier molecular flexibility index (Phi) is 7.23. The first-order valence-electron chi connectivity index (χ1n) is 17.7. The van der Waals surface area contributed by atoms with Crippen molar-refractivity contribution in [2.75, 3.05) is 0 Å². The standard InChI is InChI=1S/C47H33N3O2Si/c1-49-30-14-23-40-39-27-28-44-46(52-42-25-8-9-26-43(42)53(44,37-19-4-2-5-20-37)38-21-6-3-7-22-38)45(39)50(47(40)49)34-16-13-18-36(32-34)51-35-17-12-15-33(31-35)41-24-10-11-29-48-41/h2-32H,1H2. The highest BCUT2D eigenvalue weighted by Gasteiger charge is 2.49. The van der Waals surface area contributed by atoms with Gasteiger partial charge in [0.2, 0.25) is 0 Å². The average Bonchev–Trinajstić information content (AvgIpc) is 3.57. The van der Waals surface area contributed by atoms with Gasteiger partial charge in [-0.25, -0.2) is 4.57 Å². The highest BCUT2D eigenvalue weighted by molar-refractivity contribution is 7.20. The Balaban J connectivity index is 1.23. The zero-order valence-electron chi connectivity index (χ0n) is 28.8. The average molecular weight is 700 g/mol. The Morgan fingerprint density at radius 2 is 1.32 bits per heavy atom. The molecule has 0 amide bonds. The van der Waals surface area contributed by atoms with Crippen LogP contribution in [0.2, 0.25) is 0 Å². The molecule has 0 unspecified atom stereocenters. The number of aromatic nitrogens is 3. The lowest BCUT2D eigenvalue weighted by molar-refractivity contribution is -0.586. The number of nitrogens with zero attached hydrogens (tertiary/aromatic N) is 3. The van der Waals surface area contributed by atoms with Crippen molar-refractivity contribution in [3.63, 3.8) is 0 Å². The Morgan fingerprint density at radius 1 is 0.604 bits per heavy atom. The molecule has 10 rings (SSSR count). The van der Waals surface area contributed by atoms with Crippen LogP contribution in [0.3, 0.4) is 0 Å². The van der Waals surface area contributed by atoms with Crippen molar-refractivity contribution in [1.29, 1.82) is 0 Å². The van der Waals surface area contributed by atoms with Crippen molar-refractivity contribution >= 4 is 50.8 Å². The van der Waals surface area contributed by atoms with Gasteiger partial charge in [-0.05, 0) is 71.3 Å². The molecular formula is C47H33N3O2Si. The fraction of sp³-hybridized carbons (Fsp3) is 0. The largest absolute Gasteiger partial charge is 0.457 e. The maximum Gasteiger partial charge on any atom is 0.192 e. The van der Waals surface area contributed by atoms with E-state index < -0.39 is 8.07 Å². The van der Waals surface area contributed by atoms with Gasteiger partial charge in [-0.2, -0.15) is 0 Å². The summed E-state index contributed by atoms with van der Waals surface area (Å²) in [6, 6.07) is 61.6. The van der Waals surface area contributed by atoms with E-state index in [0.29, 0.717) is 0 Å². The zero-order valence-corrected chi connectivity index (χ0v) is 29.8. The van der Waals surface area contributed by atoms with Crippen molar-refractivity contribution in [2.45, 2.75) is 0 Å². The predicted octanol–water partition coefficient (Wildman–Crippen LogP) is 8.05. The van der Waals surface area contributed by atoms with Crippen molar-refractivity contribution in [3.8, 4) is 39.9 Å². The number of hydrogen-bond acceptors (Lipinski definition) is 3. The van der Waals surface area contributed by atoms with Crippen LogP contribution < -0.4 is 34.8 Å². The van der Waals surface area contributed by atoms with Crippen LogP contribution in [0.1, 0.15) is 0 Å². The molecule has 1 aliphatic rings. The number of benzene rings is 6. The van der Waals surface area contributed by atoms with Gasteiger partial charge in [0.1, 0.15) is 22.9 Å². The Labute approximate surface area is 308 Å². The minimum atomic E-state index is -2.87. The van der Waals surface area contributed by atoms with Gasteiger partial charge >= 0.3 is 0 Å². The molecule has 0 saturated carbocycles. The molecule has 6 aromatic carbocycles. The molecule has 0 radical (unpaired) electrons. The number of fused-ring (bicyclic) bond motifs is 6. The predicted molar refractivity (Wildman–Crippen MR) is 215 cm³/mol. The molecule has 0 saturated heterocycles. The molecule has 252 valence electrons. The molecule has 53 heavy (non-hydrogen) atoms. The third-order valence-electron chi connectivity index (χ3n) is 10.3. The summed E-state index contributed by atoms with van der Waals surface area (Å²) in [7, 11) is 1.59. The summed E-state index contributed by atoms with van der Waals surface area (Å²) in [5.74, 6) is 3.20. The zero-order chi connectivity index (χ0) is 35.4. The van der Waals surface area contributed by atoms with Crippen LogP contribution in [-0.2, 0) is 0 Å². The van der Waals surface area contributed by atoms with Crippen LogP contribution in [0, 0.1) is 7.05 Å². The van der Waals surface area contributed by atoms with Gasteiger partial charge in [0.25, 0.3) is 0 Å². The molecule has 5 nitrogen and oxygen atoms in total. The second-order valence-corrected chi connectivity index (χ2v) is 17.0. The molecule has 0 N–H and O–H groups in total. The lowest BCUT2D eigenvalue weighted by Gasteiger charge is -2.39. The van der Waals surface area contributed by atoms with Crippen molar-refractivity contribution in [3.05, 3.63) is 195 Å². The maximum absolute atomic E-state index is 7.15. The monoisotopic (exact) mass is 699 g/mol. The highest BCUT2D eigenvalue weighted by atomic mass is 28.3. The maximum atomic E-state index is 7.15. The molecule has 0 aliphatic carbocycles. The molecule has 1 aliphatic heterocycles. The summed E-state index contributed by atoms with van der Waals surface area (Å²) >= 11 is 0. The lowest BCUT2D eigenvalue weighted by Crippen LogP contribution is -2.76. The number of para-hydroxylation sites is 1. The minimum absolute atomic E-state index is 0.718. The molecule has 6 heteroatoms. The van der Waals surface area contributed by atoms with E-state index >= 15 is 0 Å². The van der Waals surface area contributed by atoms with E-state index in [1.807, 2.05) is 65.4 Å². The topological polar surface area (TPSA) is 40.2 Å². The Bertz CT molecular complexity index is 2760. The molecule has 9 aromatic rings. The van der Waals surface area contributed by atoms with E-state index in [2.05, 4.69) is 138 Å². The number of pyridine rings is 2. The van der Waals surface area contributed by atoms with Crippen LogP contribution in [0.4, 0.5) is 0 Å². The van der Waals surface area contributed by atoms with Gasteiger partial charge in [0, 0.05) is 33.8 Å². The van der Waals surface area contributed by atoms with Crippen LogP contribution >= 0.6 is 0 Å². The van der Waals surface area contributed by atoms with E-state index in [4.69, 9.17) is 9.47 Å². The fourth-order valence-corrected chi connectivity index (χ4v) is 13.1. The van der Waals surface area contributed by atoms with Crippen LogP contribution in [0.15, 0.2) is 188 Å². The fourth-order valence-electron chi connectivity index (χ4n) is 8.13. The first kappa shape index (κ1) is 30.9. The molecule has 0 atom stereocenters. The normalized spacial score (nSPS) is 12.9. The van der Waals surface area contributed by atoms with Gasteiger partial charge in [-0.15, -0.1) is 0 Å². The highest BCUT2D eigenvalue weighted by Crippen LogP contribution is 2.41. The Morgan fingerprint density at radius 3 is 2.09 bits per heavy atom. The van der Waals surface area contributed by atoms with E-state index in [1.165, 1.54) is 20.7 Å². The molecule has 4 heterocycles. The first-order chi connectivity index (χ1) is 26.2. The lowest BCUT2D eigenvalue weighted by atomic mass is 10.1. The first-order valence-corrected chi connectivity index (χ1v) is 19.7. The van der Waals surface area contributed by atoms with Gasteiger partial charge in [0.15, 0.2) is 25.0 Å². The van der Waals surface area contributed by atoms with Crippen molar-refractivity contribution in [1.82, 2.24) is 9.55 Å². The molecular weight excluding hydrogens is 667 g/mol. The van der Waals surface area contributed by atoms with Crippen LogP contribution in [-0.4, -0.2) is 17.6 Å². The van der Waals surface area contributed by atoms with E-state index in [9.17, 15) is 0 Å². The quantitative estimate of drug-likeness (QED) is 0.100. The van der Waals surface area contributed by atoms with E-state index in [-0.39, 0.29) is 0 Å². The van der Waals surface area contributed by atoms with Crippen molar-refractivity contribution in [2.24, 2.45) is 0 Å². The smallest absolute Gasteiger partial charge is 0.192 e. The molecule has 3 aromatic heterocycles. The van der Waals surface area contributed by atoms with E-state index in [0.717, 1.165) is 61.9 Å². The summed E-state index contributed by atoms with van der Waals surface area (Å²) in [5, 5.41) is 7.24. The van der Waals surface area contributed by atoms with Gasteiger partial charge < -0.3 is 14.0 Å². The van der Waals surface area contributed by atoms with Gasteiger partial charge in [-0.3, -0.25) is 4.98 Å². The molecule has 0 spiro atoms. The number of rotatable bonds is 6. The van der Waals surface area contributed by atoms with Gasteiger partial charge in [0.05, 0.1) is 5.69 Å². The Hall–Kier alpha value is -6.89. The molecule has 0 bridgehead atoms. The summed E-state index contributed by atoms with van der Waals surface area (Å²) < 4.78 is 17.9. The molecule has 0 fully saturated rings. The van der Waals surface area contributed by atoms with E-state index in [1.54, 1.807) is 6.20 Å². The number of ether oxygens (including phenoxy) is 2. The summed E-state index contributed by atoms with van der Waals surface area (Å²) in [6.07, 6.45) is 3.80. The van der Waals surface area contributed by atoms with Crippen molar-refractivity contribution < 1.29 is 14.0 Å². The van der Waals surface area contributed by atoms with Crippen LogP contribution in [0.5, 0.6) is 23.0 Å².